The normalized spacial score (nSPS) is 15.7. The van der Waals surface area contributed by atoms with Crippen molar-refractivity contribution >= 4 is 35.1 Å². The monoisotopic (exact) mass is 600 g/mol. The van der Waals surface area contributed by atoms with Crippen LogP contribution in [-0.4, -0.2) is 70.4 Å². The molecular formula is C30H53FN4O5S. The molecule has 6 N–H and O–H groups in total. The summed E-state index contributed by atoms with van der Waals surface area (Å²) in [4.78, 5) is 11.1. The van der Waals surface area contributed by atoms with Crippen molar-refractivity contribution in [2.24, 2.45) is 22.0 Å². The Morgan fingerprint density at radius 3 is 2.24 bits per heavy atom. The molecule has 0 aromatic heterocycles. The second-order valence-electron chi connectivity index (χ2n) is 8.81. The molecular weight excluding hydrogens is 547 g/mol. The second-order valence-corrected chi connectivity index (χ2v) is 8.99. The predicted molar refractivity (Wildman–Crippen MR) is 171 cm³/mol. The Kier molecular flexibility index (Phi) is 31.9. The van der Waals surface area contributed by atoms with Crippen LogP contribution in [0.2, 0.25) is 0 Å². The third kappa shape index (κ3) is 20.9. The van der Waals surface area contributed by atoms with Crippen LogP contribution in [0.3, 0.4) is 0 Å². The number of benzene rings is 1. The lowest BCUT2D eigenvalue weighted by molar-refractivity contribution is -0.123. The van der Waals surface area contributed by atoms with Crippen LogP contribution < -0.4 is 5.32 Å². The second kappa shape index (κ2) is 30.4. The van der Waals surface area contributed by atoms with Gasteiger partial charge in [0.05, 0.1) is 30.0 Å². The van der Waals surface area contributed by atoms with E-state index in [1.807, 2.05) is 26.0 Å². The van der Waals surface area contributed by atoms with Crippen LogP contribution in [0.15, 0.2) is 34.5 Å². The van der Waals surface area contributed by atoms with Gasteiger partial charge >= 0.3 is 0 Å². The van der Waals surface area contributed by atoms with Gasteiger partial charge in [0.1, 0.15) is 6.61 Å². The zero-order valence-electron chi connectivity index (χ0n) is 25.6. The third-order valence-corrected chi connectivity index (χ3v) is 6.03. The number of nitrogens with zero attached hydrogens (tertiary/aromatic N) is 2. The Labute approximate surface area is 250 Å². The van der Waals surface area contributed by atoms with Crippen molar-refractivity contribution in [1.29, 1.82) is 5.41 Å². The fourth-order valence-corrected chi connectivity index (χ4v) is 3.70. The molecule has 0 fully saturated rings. The number of carbonyl (C=O) groups is 1. The van der Waals surface area contributed by atoms with E-state index in [-0.39, 0.29) is 24.1 Å². The number of amides is 1. The minimum atomic E-state index is -0.593. The van der Waals surface area contributed by atoms with Crippen LogP contribution in [0.5, 0.6) is 0 Å². The number of aliphatic hydroxyl groups is 4. The quantitative estimate of drug-likeness (QED) is 0.134. The zero-order valence-corrected chi connectivity index (χ0v) is 26.5. The lowest BCUT2D eigenvalue weighted by atomic mass is 9.79. The first kappa shape index (κ1) is 42.9. The van der Waals surface area contributed by atoms with E-state index >= 15 is 0 Å². The molecule has 236 valence electrons. The fourth-order valence-electron chi connectivity index (χ4n) is 3.70. The first-order valence-corrected chi connectivity index (χ1v) is 14.9. The lowest BCUT2D eigenvalue weighted by Gasteiger charge is -2.28. The number of carbonyl (C=O) groups excluding carboxylic acids is 1. The van der Waals surface area contributed by atoms with Gasteiger partial charge in [0, 0.05) is 31.2 Å². The molecule has 0 radical (unpaired) electrons. The predicted octanol–water partition coefficient (Wildman–Crippen LogP) is 5.29. The summed E-state index contributed by atoms with van der Waals surface area (Å²) in [5.74, 6) is 0.451. The number of unbranched alkanes of at least 4 members (excludes halogenated alkanes) is 3. The molecule has 0 saturated heterocycles. The smallest absolute Gasteiger partial charge is 0.245 e. The minimum absolute atomic E-state index is 0.169. The van der Waals surface area contributed by atoms with Crippen LogP contribution in [0.4, 0.5) is 3.89 Å². The fraction of sp³-hybridized carbons (Fsp3) is 0.633. The molecule has 1 aliphatic heterocycles. The number of halogens is 1. The van der Waals surface area contributed by atoms with Gasteiger partial charge in [-0.15, -0.1) is 3.89 Å². The van der Waals surface area contributed by atoms with Gasteiger partial charge in [-0.05, 0) is 49.9 Å². The van der Waals surface area contributed by atoms with Gasteiger partial charge in [-0.25, -0.2) is 0 Å². The van der Waals surface area contributed by atoms with Crippen LogP contribution in [0.1, 0.15) is 90.7 Å². The van der Waals surface area contributed by atoms with Crippen LogP contribution >= 0.6 is 11.6 Å². The third-order valence-electron chi connectivity index (χ3n) is 6.03. The average molecular weight is 601 g/mol. The molecule has 1 heterocycles. The van der Waals surface area contributed by atoms with Gasteiger partial charge in [0.2, 0.25) is 5.91 Å². The van der Waals surface area contributed by atoms with Crippen LogP contribution in [-0.2, 0) is 11.3 Å². The van der Waals surface area contributed by atoms with Gasteiger partial charge in [-0.3, -0.25) is 4.79 Å². The molecule has 11 heteroatoms. The van der Waals surface area contributed by atoms with Gasteiger partial charge in [0.25, 0.3) is 0 Å². The SMILES string of the molecule is C#SF.CC.CCCCCC1C(c2ccc(CNC(=O)CO)cc2)=NN=C(C)C1C.CO.N=CCCC[C@H](O)CO. The molecule has 41 heavy (non-hydrogen) atoms. The lowest BCUT2D eigenvalue weighted by Crippen LogP contribution is -2.30. The van der Waals surface area contributed by atoms with Crippen molar-refractivity contribution in [3.05, 3.63) is 35.4 Å². The van der Waals surface area contributed by atoms with Gasteiger partial charge < -0.3 is 31.2 Å². The average Bonchev–Trinajstić information content (AvgIpc) is 3.01. The Balaban J connectivity index is -0.000000752. The molecule has 2 unspecified atom stereocenters. The van der Waals surface area contributed by atoms with Gasteiger partial charge in [-0.2, -0.15) is 10.2 Å². The number of rotatable bonds is 13. The van der Waals surface area contributed by atoms with Crippen molar-refractivity contribution in [3.63, 3.8) is 0 Å². The minimum Gasteiger partial charge on any atom is -0.400 e. The molecule has 0 spiro atoms. The summed E-state index contributed by atoms with van der Waals surface area (Å²) in [5, 5.41) is 51.0. The maximum atomic E-state index is 11.1. The Morgan fingerprint density at radius 1 is 1.17 bits per heavy atom. The van der Waals surface area contributed by atoms with Crippen LogP contribution in [0, 0.1) is 22.9 Å². The van der Waals surface area contributed by atoms with Crippen molar-refractivity contribution < 1.29 is 29.1 Å². The van der Waals surface area contributed by atoms with E-state index in [9.17, 15) is 8.68 Å². The summed E-state index contributed by atoms with van der Waals surface area (Å²) in [6.45, 7) is 10.3. The van der Waals surface area contributed by atoms with E-state index in [1.54, 1.807) is 0 Å². The van der Waals surface area contributed by atoms with Crippen molar-refractivity contribution in [3.8, 4) is 5.69 Å². The standard InChI is InChI=1S/C20H29N3O2.C6H13NO2.C2H6.CHFS.CH4O/c1-4-5-6-7-18-14(2)15(3)22-23-20(18)17-10-8-16(9-11-17)12-21-19(25)13-24;7-4-2-1-3-6(9)5-8;1-2;1-3-2;1-2/h8-11,14,18,24H,4-7,12-13H2,1-3H3,(H,21,25);4,6-9H,1-3,5H2;1-2H3;1H;2H,1H3/t;6-;;;/m.0.../s1. The topological polar surface area (TPSA) is 159 Å². The Bertz CT molecular complexity index is 892. The summed E-state index contributed by atoms with van der Waals surface area (Å²) in [5.41, 5.74) is 8.37. The number of hydrogen-bond acceptors (Lipinski definition) is 8. The Hall–Kier alpha value is -2.53. The molecule has 1 amide bonds. The maximum absolute atomic E-state index is 11.1. The molecule has 0 bridgehead atoms. The van der Waals surface area contributed by atoms with E-state index in [0.29, 0.717) is 31.2 Å². The van der Waals surface area contributed by atoms with Crippen molar-refractivity contribution in [1.82, 2.24) is 5.32 Å². The van der Waals surface area contributed by atoms with E-state index in [4.69, 9.17) is 25.8 Å². The molecule has 3 atom stereocenters. The highest BCUT2D eigenvalue weighted by Crippen LogP contribution is 2.29. The molecule has 1 aromatic rings. The molecule has 1 aliphatic rings. The number of hydrogen-bond donors (Lipinski definition) is 6. The molecule has 9 nitrogen and oxygen atoms in total. The summed E-state index contributed by atoms with van der Waals surface area (Å²) < 4.78 is 9.99. The van der Waals surface area contributed by atoms with Crippen LogP contribution in [0.25, 0.3) is 0 Å². The number of nitrogens with one attached hydrogen (secondary N) is 2. The van der Waals surface area contributed by atoms with E-state index in [0.717, 1.165) is 42.5 Å². The van der Waals surface area contributed by atoms with E-state index in [2.05, 4.69) is 54.1 Å². The van der Waals surface area contributed by atoms with Crippen molar-refractivity contribution in [2.45, 2.75) is 92.2 Å². The highest BCUT2D eigenvalue weighted by atomic mass is 32.2. The summed E-state index contributed by atoms with van der Waals surface area (Å²) in [6.07, 6.45) is 7.59. The first-order chi connectivity index (χ1) is 19.8. The highest BCUT2D eigenvalue weighted by molar-refractivity contribution is 7.82. The Morgan fingerprint density at radius 2 is 1.76 bits per heavy atom. The first-order valence-electron chi connectivity index (χ1n) is 14.1. The summed E-state index contributed by atoms with van der Waals surface area (Å²) >= 11 is -0.250. The zero-order chi connectivity index (χ0) is 32.1. The van der Waals surface area contributed by atoms with Crippen molar-refractivity contribution in [2.75, 3.05) is 20.3 Å². The molecule has 2 rings (SSSR count). The van der Waals surface area contributed by atoms with E-state index in [1.165, 1.54) is 25.5 Å². The maximum Gasteiger partial charge on any atom is 0.245 e. The van der Waals surface area contributed by atoms with E-state index < -0.39 is 12.7 Å². The highest BCUT2D eigenvalue weighted by Gasteiger charge is 2.28. The molecule has 1 aromatic carbocycles. The van der Waals surface area contributed by atoms with Gasteiger partial charge in [0.15, 0.2) is 0 Å². The summed E-state index contributed by atoms with van der Waals surface area (Å²) in [6, 6.07) is 8.09. The largest absolute Gasteiger partial charge is 0.400 e. The molecule has 0 saturated carbocycles. The molecule has 0 aliphatic carbocycles. The van der Waals surface area contributed by atoms with Gasteiger partial charge in [-0.1, -0.05) is 76.9 Å². The summed E-state index contributed by atoms with van der Waals surface area (Å²) in [7, 11) is 1.00. The number of aliphatic hydroxyl groups excluding tert-OH is 4.